The molecule has 2 rings (SSSR count). The van der Waals surface area contributed by atoms with Gasteiger partial charge in [-0.1, -0.05) is 12.1 Å². The third-order valence-electron chi connectivity index (χ3n) is 3.36. The molecule has 1 heterocycles. The van der Waals surface area contributed by atoms with Gasteiger partial charge in [0.05, 0.1) is 11.3 Å². The van der Waals surface area contributed by atoms with Gasteiger partial charge in [0.1, 0.15) is 0 Å². The van der Waals surface area contributed by atoms with Crippen molar-refractivity contribution in [3.63, 3.8) is 0 Å². The highest BCUT2D eigenvalue weighted by Crippen LogP contribution is 2.26. The monoisotopic (exact) mass is 232 g/mol. The Hall–Kier alpha value is -1.51. The number of amides is 1. The molecule has 1 aliphatic rings. The summed E-state index contributed by atoms with van der Waals surface area (Å²) in [5.74, 6) is 0.140. The lowest BCUT2D eigenvalue weighted by atomic mass is 9.99. The maximum Gasteiger partial charge on any atom is 0.255 e. The first-order chi connectivity index (χ1) is 8.27. The molecule has 1 amide bonds. The molecule has 1 aromatic carbocycles. The number of hydrogen-bond acceptors (Lipinski definition) is 2. The molecule has 0 unspecified atom stereocenters. The highest BCUT2D eigenvalue weighted by molar-refractivity contribution is 6.00. The molecule has 92 valence electrons. The SMILES string of the molecule is CCN(CC)C(=O)c1cccc2c1NCCC2. The fraction of sp³-hybridized carbons (Fsp3) is 0.500. The summed E-state index contributed by atoms with van der Waals surface area (Å²) in [5, 5.41) is 3.37. The van der Waals surface area contributed by atoms with Gasteiger partial charge in [-0.15, -0.1) is 0 Å². The zero-order chi connectivity index (χ0) is 12.3. The number of anilines is 1. The van der Waals surface area contributed by atoms with E-state index in [9.17, 15) is 4.79 Å². The maximum atomic E-state index is 12.4. The molecule has 1 N–H and O–H groups in total. The van der Waals surface area contributed by atoms with Crippen LogP contribution in [0.2, 0.25) is 0 Å². The number of aryl methyl sites for hydroxylation is 1. The lowest BCUT2D eigenvalue weighted by molar-refractivity contribution is 0.0774. The molecule has 0 bridgehead atoms. The van der Waals surface area contributed by atoms with Crippen molar-refractivity contribution in [2.24, 2.45) is 0 Å². The average Bonchev–Trinajstić information content (AvgIpc) is 2.39. The summed E-state index contributed by atoms with van der Waals surface area (Å²) >= 11 is 0. The molecule has 17 heavy (non-hydrogen) atoms. The van der Waals surface area contributed by atoms with E-state index in [0.717, 1.165) is 43.7 Å². The molecule has 3 nitrogen and oxygen atoms in total. The van der Waals surface area contributed by atoms with Crippen LogP contribution in [0.25, 0.3) is 0 Å². The summed E-state index contributed by atoms with van der Waals surface area (Å²) < 4.78 is 0. The summed E-state index contributed by atoms with van der Waals surface area (Å²) in [5.41, 5.74) is 3.15. The number of para-hydroxylation sites is 1. The van der Waals surface area contributed by atoms with Gasteiger partial charge < -0.3 is 10.2 Å². The predicted octanol–water partition coefficient (Wildman–Crippen LogP) is 2.53. The van der Waals surface area contributed by atoms with Crippen LogP contribution in [-0.4, -0.2) is 30.4 Å². The largest absolute Gasteiger partial charge is 0.384 e. The number of nitrogens with one attached hydrogen (secondary N) is 1. The molecule has 1 aliphatic heterocycles. The predicted molar refractivity (Wildman–Crippen MR) is 70.5 cm³/mol. The molecule has 1 aromatic rings. The van der Waals surface area contributed by atoms with Crippen molar-refractivity contribution in [3.05, 3.63) is 29.3 Å². The van der Waals surface area contributed by atoms with Gasteiger partial charge in [0.15, 0.2) is 0 Å². The quantitative estimate of drug-likeness (QED) is 0.868. The first kappa shape index (κ1) is 12.0. The van der Waals surface area contributed by atoms with E-state index in [4.69, 9.17) is 0 Å². The second-order valence-electron chi connectivity index (χ2n) is 4.35. The van der Waals surface area contributed by atoms with Crippen LogP contribution >= 0.6 is 0 Å². The number of rotatable bonds is 3. The number of carbonyl (C=O) groups is 1. The van der Waals surface area contributed by atoms with Crippen LogP contribution in [-0.2, 0) is 6.42 Å². The second kappa shape index (κ2) is 5.21. The van der Waals surface area contributed by atoms with Gasteiger partial charge >= 0.3 is 0 Å². The Balaban J connectivity index is 2.35. The highest BCUT2D eigenvalue weighted by Gasteiger charge is 2.20. The van der Waals surface area contributed by atoms with E-state index in [1.807, 2.05) is 30.9 Å². The molecule has 0 saturated heterocycles. The molecule has 0 saturated carbocycles. The smallest absolute Gasteiger partial charge is 0.255 e. The summed E-state index contributed by atoms with van der Waals surface area (Å²) in [6, 6.07) is 6.03. The molecule has 0 atom stereocenters. The number of hydrogen-bond donors (Lipinski definition) is 1. The zero-order valence-corrected chi connectivity index (χ0v) is 10.6. The number of nitrogens with zero attached hydrogens (tertiary/aromatic N) is 1. The Labute approximate surface area is 103 Å². The van der Waals surface area contributed by atoms with E-state index in [0.29, 0.717) is 0 Å². The van der Waals surface area contributed by atoms with Crippen LogP contribution in [0.4, 0.5) is 5.69 Å². The lowest BCUT2D eigenvalue weighted by Gasteiger charge is -2.24. The molecule has 0 aliphatic carbocycles. The fourth-order valence-electron chi connectivity index (χ4n) is 2.37. The van der Waals surface area contributed by atoms with Gasteiger partial charge in [0.2, 0.25) is 0 Å². The van der Waals surface area contributed by atoms with Crippen molar-refractivity contribution in [1.29, 1.82) is 0 Å². The van der Waals surface area contributed by atoms with Crippen molar-refractivity contribution < 1.29 is 4.79 Å². The highest BCUT2D eigenvalue weighted by atomic mass is 16.2. The Bertz CT molecular complexity index is 411. The van der Waals surface area contributed by atoms with Crippen molar-refractivity contribution in [2.45, 2.75) is 26.7 Å². The van der Waals surface area contributed by atoms with E-state index in [1.165, 1.54) is 5.56 Å². The molecular weight excluding hydrogens is 212 g/mol. The summed E-state index contributed by atoms with van der Waals surface area (Å²) in [6.45, 7) is 6.53. The first-order valence-electron chi connectivity index (χ1n) is 6.43. The standard InChI is InChI=1S/C14H20N2O/c1-3-16(4-2)14(17)12-9-5-7-11-8-6-10-15-13(11)12/h5,7,9,15H,3-4,6,8,10H2,1-2H3. The van der Waals surface area contributed by atoms with Gasteiger partial charge in [0, 0.05) is 19.6 Å². The Kier molecular flexibility index (Phi) is 3.67. The molecular formula is C14H20N2O. The summed E-state index contributed by atoms with van der Waals surface area (Å²) in [4.78, 5) is 14.2. The Morgan fingerprint density at radius 1 is 1.35 bits per heavy atom. The van der Waals surface area contributed by atoms with Gasteiger partial charge in [-0.3, -0.25) is 4.79 Å². The number of carbonyl (C=O) groups excluding carboxylic acids is 1. The minimum atomic E-state index is 0.140. The molecule has 0 spiro atoms. The normalized spacial score (nSPS) is 13.8. The van der Waals surface area contributed by atoms with Gasteiger partial charge in [0.25, 0.3) is 5.91 Å². The van der Waals surface area contributed by atoms with Gasteiger partial charge in [-0.2, -0.15) is 0 Å². The summed E-state index contributed by atoms with van der Waals surface area (Å²) in [6.07, 6.45) is 2.22. The van der Waals surface area contributed by atoms with Crippen molar-refractivity contribution in [3.8, 4) is 0 Å². The third kappa shape index (κ3) is 2.28. The van der Waals surface area contributed by atoms with E-state index >= 15 is 0 Å². The van der Waals surface area contributed by atoms with Crippen molar-refractivity contribution in [2.75, 3.05) is 25.0 Å². The minimum absolute atomic E-state index is 0.140. The van der Waals surface area contributed by atoms with Crippen LogP contribution in [0.3, 0.4) is 0 Å². The van der Waals surface area contributed by atoms with E-state index in [2.05, 4.69) is 11.4 Å². The lowest BCUT2D eigenvalue weighted by Crippen LogP contribution is -2.31. The maximum absolute atomic E-state index is 12.4. The minimum Gasteiger partial charge on any atom is -0.384 e. The van der Waals surface area contributed by atoms with E-state index in [-0.39, 0.29) is 5.91 Å². The van der Waals surface area contributed by atoms with Crippen molar-refractivity contribution >= 4 is 11.6 Å². The zero-order valence-electron chi connectivity index (χ0n) is 10.6. The van der Waals surface area contributed by atoms with Crippen molar-refractivity contribution in [1.82, 2.24) is 4.90 Å². The van der Waals surface area contributed by atoms with Crippen LogP contribution in [0.15, 0.2) is 18.2 Å². The van der Waals surface area contributed by atoms with Gasteiger partial charge in [-0.05, 0) is 38.3 Å². The Morgan fingerprint density at radius 2 is 2.12 bits per heavy atom. The number of fused-ring (bicyclic) bond motifs is 1. The fourth-order valence-corrected chi connectivity index (χ4v) is 2.37. The second-order valence-corrected chi connectivity index (χ2v) is 4.35. The number of benzene rings is 1. The van der Waals surface area contributed by atoms with E-state index in [1.54, 1.807) is 0 Å². The molecule has 3 heteroatoms. The van der Waals surface area contributed by atoms with E-state index < -0.39 is 0 Å². The van der Waals surface area contributed by atoms with Crippen LogP contribution < -0.4 is 5.32 Å². The molecule has 0 fully saturated rings. The van der Waals surface area contributed by atoms with Gasteiger partial charge in [-0.25, -0.2) is 0 Å². The Morgan fingerprint density at radius 3 is 2.82 bits per heavy atom. The van der Waals surface area contributed by atoms with Crippen LogP contribution in [0, 0.1) is 0 Å². The molecule has 0 radical (unpaired) electrons. The van der Waals surface area contributed by atoms with Crippen LogP contribution in [0.1, 0.15) is 36.2 Å². The topological polar surface area (TPSA) is 32.3 Å². The average molecular weight is 232 g/mol. The first-order valence-corrected chi connectivity index (χ1v) is 6.43. The summed E-state index contributed by atoms with van der Waals surface area (Å²) in [7, 11) is 0. The van der Waals surface area contributed by atoms with Crippen LogP contribution in [0.5, 0.6) is 0 Å². The third-order valence-corrected chi connectivity index (χ3v) is 3.36. The molecule has 0 aromatic heterocycles.